The van der Waals surface area contributed by atoms with E-state index in [0.29, 0.717) is 12.4 Å². The molecule has 1 aromatic heterocycles. The third-order valence-electron chi connectivity index (χ3n) is 3.19. The summed E-state index contributed by atoms with van der Waals surface area (Å²) in [6, 6.07) is 5.44. The third kappa shape index (κ3) is 2.67. The highest BCUT2D eigenvalue weighted by Gasteiger charge is 2.22. The molecule has 3 rings (SSSR count). The molecule has 5 heteroatoms. The number of rotatable bonds is 3. The van der Waals surface area contributed by atoms with Crippen molar-refractivity contribution < 1.29 is 8.81 Å². The van der Waals surface area contributed by atoms with Crippen LogP contribution in [0.1, 0.15) is 29.7 Å². The van der Waals surface area contributed by atoms with E-state index >= 15 is 0 Å². The Morgan fingerprint density at radius 1 is 1.53 bits per heavy atom. The number of hydrogen-bond donors (Lipinski definition) is 1. The Hall–Kier alpha value is -1.33. The molecule has 1 N–H and O–H groups in total. The summed E-state index contributed by atoms with van der Waals surface area (Å²) in [5.74, 6) is 2.29. The maximum atomic E-state index is 13.7. The maximum Gasteiger partial charge on any atom is 0.208 e. The van der Waals surface area contributed by atoms with Crippen LogP contribution in [-0.4, -0.2) is 10.7 Å². The number of fused-ring (bicyclic) bond motifs is 1. The Morgan fingerprint density at radius 2 is 2.42 bits per heavy atom. The molecule has 100 valence electrons. The minimum atomic E-state index is -0.124. The summed E-state index contributed by atoms with van der Waals surface area (Å²) in [5, 5.41) is 3.40. The fraction of sp³-hybridized carbons (Fsp3) is 0.357. The molecule has 1 aromatic carbocycles. The van der Waals surface area contributed by atoms with Gasteiger partial charge in [-0.05, 0) is 30.7 Å². The Bertz CT molecular complexity index is 585. The first-order valence-corrected chi connectivity index (χ1v) is 7.28. The van der Waals surface area contributed by atoms with Crippen molar-refractivity contribution >= 4 is 11.8 Å². The van der Waals surface area contributed by atoms with Gasteiger partial charge in [0.1, 0.15) is 11.6 Å². The summed E-state index contributed by atoms with van der Waals surface area (Å²) >= 11 is 1.59. The summed E-state index contributed by atoms with van der Waals surface area (Å²) in [6.07, 6.45) is 2.70. The fourth-order valence-electron chi connectivity index (χ4n) is 2.29. The molecule has 1 aliphatic heterocycles. The standard InChI is InChI=1S/C14H15FN2OS/c1-9-7-17-13(18-9)8-16-12-5-6-19-14-10(12)3-2-4-11(14)15/h2-4,7,12,16H,5-6,8H2,1H3. The van der Waals surface area contributed by atoms with E-state index in [1.54, 1.807) is 24.0 Å². The molecular weight excluding hydrogens is 263 g/mol. The molecule has 0 saturated carbocycles. The van der Waals surface area contributed by atoms with Crippen LogP contribution in [0, 0.1) is 12.7 Å². The van der Waals surface area contributed by atoms with Crippen LogP contribution in [0.15, 0.2) is 33.7 Å². The van der Waals surface area contributed by atoms with E-state index in [-0.39, 0.29) is 11.9 Å². The Balaban J connectivity index is 1.75. The number of aryl methyl sites for hydroxylation is 1. The number of hydrogen-bond acceptors (Lipinski definition) is 4. The van der Waals surface area contributed by atoms with Gasteiger partial charge in [-0.2, -0.15) is 0 Å². The summed E-state index contributed by atoms with van der Waals surface area (Å²) in [4.78, 5) is 4.94. The molecule has 0 radical (unpaired) electrons. The van der Waals surface area contributed by atoms with Gasteiger partial charge in [-0.1, -0.05) is 12.1 Å². The van der Waals surface area contributed by atoms with Gasteiger partial charge in [0.25, 0.3) is 0 Å². The number of aromatic nitrogens is 1. The lowest BCUT2D eigenvalue weighted by atomic mass is 10.0. The molecule has 0 amide bonds. The SMILES string of the molecule is Cc1cnc(CNC2CCSc3c(F)cccc32)o1. The number of halogens is 1. The predicted molar refractivity (Wildman–Crippen MR) is 72.6 cm³/mol. The third-order valence-corrected chi connectivity index (χ3v) is 4.35. The lowest BCUT2D eigenvalue weighted by molar-refractivity contribution is 0.415. The molecular formula is C14H15FN2OS. The quantitative estimate of drug-likeness (QED) is 0.933. The lowest BCUT2D eigenvalue weighted by Crippen LogP contribution is -2.24. The highest BCUT2D eigenvalue weighted by molar-refractivity contribution is 7.99. The van der Waals surface area contributed by atoms with Crippen molar-refractivity contribution in [2.75, 3.05) is 5.75 Å². The number of oxazole rings is 1. The zero-order valence-corrected chi connectivity index (χ0v) is 11.5. The molecule has 19 heavy (non-hydrogen) atoms. The molecule has 1 aliphatic rings. The van der Waals surface area contributed by atoms with Crippen LogP contribution in [-0.2, 0) is 6.54 Å². The fourth-order valence-corrected chi connectivity index (χ4v) is 3.43. The normalized spacial score (nSPS) is 18.3. The molecule has 1 unspecified atom stereocenters. The van der Waals surface area contributed by atoms with E-state index < -0.39 is 0 Å². The highest BCUT2D eigenvalue weighted by atomic mass is 32.2. The maximum absolute atomic E-state index is 13.7. The van der Waals surface area contributed by atoms with E-state index in [2.05, 4.69) is 10.3 Å². The average molecular weight is 278 g/mol. The minimum absolute atomic E-state index is 0.124. The van der Waals surface area contributed by atoms with E-state index in [1.165, 1.54) is 6.07 Å². The van der Waals surface area contributed by atoms with Gasteiger partial charge in [0, 0.05) is 10.9 Å². The summed E-state index contributed by atoms with van der Waals surface area (Å²) in [7, 11) is 0. The van der Waals surface area contributed by atoms with Crippen molar-refractivity contribution in [1.29, 1.82) is 0 Å². The molecule has 0 aliphatic carbocycles. The number of nitrogens with one attached hydrogen (secondary N) is 1. The molecule has 3 nitrogen and oxygen atoms in total. The van der Waals surface area contributed by atoms with Gasteiger partial charge in [0.05, 0.1) is 12.7 Å². The second-order valence-corrected chi connectivity index (χ2v) is 5.70. The second kappa shape index (κ2) is 5.35. The van der Waals surface area contributed by atoms with Crippen LogP contribution >= 0.6 is 11.8 Å². The highest BCUT2D eigenvalue weighted by Crippen LogP contribution is 2.37. The number of nitrogens with zero attached hydrogens (tertiary/aromatic N) is 1. The molecule has 0 spiro atoms. The van der Waals surface area contributed by atoms with Crippen molar-refractivity contribution in [3.8, 4) is 0 Å². The van der Waals surface area contributed by atoms with Crippen molar-refractivity contribution in [2.45, 2.75) is 30.8 Å². The van der Waals surface area contributed by atoms with Gasteiger partial charge in [0.15, 0.2) is 0 Å². The number of benzene rings is 1. The Labute approximate surface area is 115 Å². The average Bonchev–Trinajstić information content (AvgIpc) is 2.83. The molecule has 1 atom stereocenters. The van der Waals surface area contributed by atoms with Gasteiger partial charge >= 0.3 is 0 Å². The molecule has 0 saturated heterocycles. The minimum Gasteiger partial charge on any atom is -0.445 e. The van der Waals surface area contributed by atoms with Crippen molar-refractivity contribution in [2.24, 2.45) is 0 Å². The van der Waals surface area contributed by atoms with Gasteiger partial charge < -0.3 is 9.73 Å². The van der Waals surface area contributed by atoms with Crippen LogP contribution in [0.4, 0.5) is 4.39 Å². The first-order chi connectivity index (χ1) is 9.24. The van der Waals surface area contributed by atoms with Crippen molar-refractivity contribution in [3.05, 3.63) is 47.4 Å². The van der Waals surface area contributed by atoms with Crippen molar-refractivity contribution in [1.82, 2.24) is 10.3 Å². The van der Waals surface area contributed by atoms with Gasteiger partial charge in [-0.25, -0.2) is 9.37 Å². The summed E-state index contributed by atoms with van der Waals surface area (Å²) < 4.78 is 19.2. The van der Waals surface area contributed by atoms with Crippen LogP contribution in [0.2, 0.25) is 0 Å². The van der Waals surface area contributed by atoms with Crippen LogP contribution < -0.4 is 5.32 Å². The molecule has 0 fully saturated rings. The zero-order valence-electron chi connectivity index (χ0n) is 10.6. The van der Waals surface area contributed by atoms with E-state index in [1.807, 2.05) is 13.0 Å². The van der Waals surface area contributed by atoms with Gasteiger partial charge in [-0.3, -0.25) is 0 Å². The molecule has 2 aromatic rings. The molecule has 2 heterocycles. The van der Waals surface area contributed by atoms with E-state index in [0.717, 1.165) is 28.4 Å². The summed E-state index contributed by atoms with van der Waals surface area (Å²) in [5.41, 5.74) is 1.04. The monoisotopic (exact) mass is 278 g/mol. The first-order valence-electron chi connectivity index (χ1n) is 6.30. The molecule has 0 bridgehead atoms. The van der Waals surface area contributed by atoms with Crippen LogP contribution in [0.25, 0.3) is 0 Å². The Kier molecular flexibility index (Phi) is 3.57. The largest absolute Gasteiger partial charge is 0.445 e. The predicted octanol–water partition coefficient (Wildman–Crippen LogP) is 3.45. The smallest absolute Gasteiger partial charge is 0.208 e. The lowest BCUT2D eigenvalue weighted by Gasteiger charge is -2.25. The van der Waals surface area contributed by atoms with Gasteiger partial charge in [0.2, 0.25) is 5.89 Å². The summed E-state index contributed by atoms with van der Waals surface area (Å²) in [6.45, 7) is 2.44. The first kappa shape index (κ1) is 12.7. The van der Waals surface area contributed by atoms with E-state index in [9.17, 15) is 4.39 Å². The van der Waals surface area contributed by atoms with Crippen LogP contribution in [0.3, 0.4) is 0 Å². The zero-order chi connectivity index (χ0) is 13.2. The van der Waals surface area contributed by atoms with Crippen LogP contribution in [0.5, 0.6) is 0 Å². The Morgan fingerprint density at radius 3 is 3.21 bits per heavy atom. The topological polar surface area (TPSA) is 38.1 Å². The van der Waals surface area contributed by atoms with Crippen molar-refractivity contribution in [3.63, 3.8) is 0 Å². The second-order valence-electron chi connectivity index (χ2n) is 4.59. The van der Waals surface area contributed by atoms with Gasteiger partial charge in [-0.15, -0.1) is 11.8 Å². The van der Waals surface area contributed by atoms with E-state index in [4.69, 9.17) is 4.42 Å². The number of thioether (sulfide) groups is 1.